The summed E-state index contributed by atoms with van der Waals surface area (Å²) < 4.78 is 0. The van der Waals surface area contributed by atoms with Gasteiger partial charge in [-0.1, -0.05) is 0 Å². The summed E-state index contributed by atoms with van der Waals surface area (Å²) in [5.41, 5.74) is 12.8. The van der Waals surface area contributed by atoms with Gasteiger partial charge in [-0.2, -0.15) is 0 Å². The van der Waals surface area contributed by atoms with Crippen LogP contribution in [-0.4, -0.2) is 16.0 Å². The first kappa shape index (κ1) is 10.9. The summed E-state index contributed by atoms with van der Waals surface area (Å²) in [7, 11) is 0. The van der Waals surface area contributed by atoms with Gasteiger partial charge in [0.25, 0.3) is 0 Å². The zero-order valence-electron chi connectivity index (χ0n) is 8.92. The van der Waals surface area contributed by atoms with Gasteiger partial charge >= 0.3 is 6.03 Å². The van der Waals surface area contributed by atoms with Gasteiger partial charge in [-0.25, -0.2) is 9.78 Å². The number of nitrogen functional groups attached to an aromatic ring is 1. The monoisotopic (exact) mass is 229 g/mol. The average molecular weight is 229 g/mol. The molecule has 0 saturated carbocycles. The number of hydrogen-bond acceptors (Lipinski definition) is 4. The summed E-state index contributed by atoms with van der Waals surface area (Å²) in [5, 5.41) is 2.42. The number of carbonyl (C=O) groups excluding carboxylic acids is 1. The van der Waals surface area contributed by atoms with Crippen molar-refractivity contribution in [2.75, 3.05) is 11.1 Å². The topological polar surface area (TPSA) is 107 Å². The fourth-order valence-corrected chi connectivity index (χ4v) is 1.41. The Morgan fingerprint density at radius 2 is 1.94 bits per heavy atom. The molecule has 0 saturated heterocycles. The van der Waals surface area contributed by atoms with Gasteiger partial charge in [0, 0.05) is 24.2 Å². The molecule has 0 bridgehead atoms. The minimum absolute atomic E-state index is 0.224. The Balaban J connectivity index is 2.41. The maximum atomic E-state index is 10.8. The number of nitrogens with two attached hydrogens (primary N) is 2. The van der Waals surface area contributed by atoms with E-state index in [1.807, 2.05) is 12.1 Å². The molecule has 2 heterocycles. The number of pyridine rings is 2. The summed E-state index contributed by atoms with van der Waals surface area (Å²) in [6, 6.07) is 4.70. The Kier molecular flexibility index (Phi) is 2.87. The third-order valence-electron chi connectivity index (χ3n) is 2.19. The molecular formula is C11H11N5O. The van der Waals surface area contributed by atoms with E-state index in [0.717, 1.165) is 11.1 Å². The lowest BCUT2D eigenvalue weighted by Crippen LogP contribution is -2.20. The van der Waals surface area contributed by atoms with E-state index in [-0.39, 0.29) is 5.82 Å². The maximum absolute atomic E-state index is 10.8. The number of aromatic nitrogens is 2. The van der Waals surface area contributed by atoms with Crippen molar-refractivity contribution in [1.82, 2.24) is 9.97 Å². The molecule has 2 aromatic rings. The van der Waals surface area contributed by atoms with Crippen molar-refractivity contribution in [3.05, 3.63) is 36.8 Å². The molecule has 2 rings (SSSR count). The largest absolute Gasteiger partial charge is 0.382 e. The molecule has 0 unspecified atom stereocenters. The first-order valence-electron chi connectivity index (χ1n) is 4.89. The van der Waals surface area contributed by atoms with Crippen LogP contribution in [0.5, 0.6) is 0 Å². The summed E-state index contributed by atoms with van der Waals surface area (Å²) in [4.78, 5) is 18.7. The standard InChI is InChI=1S/C11H11N5O/c12-10-9(16-11(13)17)5-8(6-15-10)7-1-3-14-4-2-7/h1-6H,(H2,12,15)(H3,13,16,17). The fourth-order valence-electron chi connectivity index (χ4n) is 1.41. The lowest BCUT2D eigenvalue weighted by atomic mass is 10.1. The van der Waals surface area contributed by atoms with Gasteiger partial charge in [0.15, 0.2) is 0 Å². The van der Waals surface area contributed by atoms with E-state index in [4.69, 9.17) is 11.5 Å². The van der Waals surface area contributed by atoms with Crippen molar-refractivity contribution in [1.29, 1.82) is 0 Å². The zero-order chi connectivity index (χ0) is 12.3. The summed E-state index contributed by atoms with van der Waals surface area (Å²) in [6.07, 6.45) is 4.97. The van der Waals surface area contributed by atoms with Crippen molar-refractivity contribution < 1.29 is 4.79 Å². The lowest BCUT2D eigenvalue weighted by molar-refractivity contribution is 0.259. The number of urea groups is 1. The van der Waals surface area contributed by atoms with Crippen LogP contribution >= 0.6 is 0 Å². The molecule has 0 aliphatic heterocycles. The van der Waals surface area contributed by atoms with E-state index in [1.165, 1.54) is 0 Å². The van der Waals surface area contributed by atoms with E-state index in [9.17, 15) is 4.79 Å². The van der Waals surface area contributed by atoms with E-state index >= 15 is 0 Å². The first-order valence-corrected chi connectivity index (χ1v) is 4.89. The summed E-state index contributed by atoms with van der Waals surface area (Å²) in [6.45, 7) is 0. The van der Waals surface area contributed by atoms with Crippen LogP contribution in [0.25, 0.3) is 11.1 Å². The van der Waals surface area contributed by atoms with Gasteiger partial charge in [0.2, 0.25) is 0 Å². The smallest absolute Gasteiger partial charge is 0.316 e. The number of carbonyl (C=O) groups is 1. The molecule has 0 spiro atoms. The molecule has 5 N–H and O–H groups in total. The van der Waals surface area contributed by atoms with Crippen molar-refractivity contribution in [3.63, 3.8) is 0 Å². The molecule has 2 aromatic heterocycles. The van der Waals surface area contributed by atoms with Gasteiger partial charge in [0.05, 0.1) is 5.69 Å². The molecule has 2 amide bonds. The minimum Gasteiger partial charge on any atom is -0.382 e. The molecule has 6 heteroatoms. The number of amides is 2. The molecule has 86 valence electrons. The third-order valence-corrected chi connectivity index (χ3v) is 2.19. The van der Waals surface area contributed by atoms with Gasteiger partial charge in [-0.05, 0) is 23.8 Å². The number of anilines is 2. The van der Waals surface area contributed by atoms with E-state index in [0.29, 0.717) is 5.69 Å². The van der Waals surface area contributed by atoms with Crippen LogP contribution in [0.2, 0.25) is 0 Å². The van der Waals surface area contributed by atoms with Crippen LogP contribution in [0.15, 0.2) is 36.8 Å². The molecule has 0 atom stereocenters. The lowest BCUT2D eigenvalue weighted by Gasteiger charge is -2.07. The molecule has 0 fully saturated rings. The normalized spacial score (nSPS) is 9.88. The molecule has 0 aromatic carbocycles. The van der Waals surface area contributed by atoms with Crippen LogP contribution in [-0.2, 0) is 0 Å². The predicted molar refractivity (Wildman–Crippen MR) is 65.1 cm³/mol. The minimum atomic E-state index is -0.676. The van der Waals surface area contributed by atoms with E-state index < -0.39 is 6.03 Å². The highest BCUT2D eigenvalue weighted by Crippen LogP contribution is 2.24. The van der Waals surface area contributed by atoms with E-state index in [2.05, 4.69) is 15.3 Å². The Labute approximate surface area is 97.7 Å². The summed E-state index contributed by atoms with van der Waals surface area (Å²) in [5.74, 6) is 0.224. The zero-order valence-corrected chi connectivity index (χ0v) is 8.92. The number of rotatable bonds is 2. The molecule has 0 aliphatic rings. The Bertz CT molecular complexity index is 541. The maximum Gasteiger partial charge on any atom is 0.316 e. The predicted octanol–water partition coefficient (Wildman–Crippen LogP) is 1.22. The molecular weight excluding hydrogens is 218 g/mol. The SMILES string of the molecule is NC(=O)Nc1cc(-c2ccncc2)cnc1N. The Morgan fingerprint density at radius 3 is 2.59 bits per heavy atom. The number of primary amides is 1. The van der Waals surface area contributed by atoms with Crippen molar-refractivity contribution in [2.45, 2.75) is 0 Å². The molecule has 0 aliphatic carbocycles. The number of nitrogens with one attached hydrogen (secondary N) is 1. The Morgan fingerprint density at radius 1 is 1.24 bits per heavy atom. The van der Waals surface area contributed by atoms with Gasteiger partial charge in [0.1, 0.15) is 5.82 Å². The third kappa shape index (κ3) is 2.49. The highest BCUT2D eigenvalue weighted by Gasteiger charge is 2.05. The van der Waals surface area contributed by atoms with Crippen molar-refractivity contribution in [3.8, 4) is 11.1 Å². The van der Waals surface area contributed by atoms with Gasteiger partial charge in [-0.3, -0.25) is 4.98 Å². The van der Waals surface area contributed by atoms with Crippen molar-refractivity contribution >= 4 is 17.5 Å². The van der Waals surface area contributed by atoms with Crippen LogP contribution in [0.3, 0.4) is 0 Å². The van der Waals surface area contributed by atoms with Crippen LogP contribution < -0.4 is 16.8 Å². The second kappa shape index (κ2) is 4.48. The van der Waals surface area contributed by atoms with Crippen LogP contribution in [0.1, 0.15) is 0 Å². The molecule has 0 radical (unpaired) electrons. The van der Waals surface area contributed by atoms with Crippen molar-refractivity contribution in [2.24, 2.45) is 5.73 Å². The fraction of sp³-hybridized carbons (Fsp3) is 0. The first-order chi connectivity index (χ1) is 8.16. The van der Waals surface area contributed by atoms with Crippen LogP contribution in [0.4, 0.5) is 16.3 Å². The highest BCUT2D eigenvalue weighted by atomic mass is 16.2. The second-order valence-corrected chi connectivity index (χ2v) is 3.38. The van der Waals surface area contributed by atoms with Crippen LogP contribution in [0, 0.1) is 0 Å². The van der Waals surface area contributed by atoms with Gasteiger partial charge < -0.3 is 16.8 Å². The number of nitrogens with zero attached hydrogens (tertiary/aromatic N) is 2. The Hall–Kier alpha value is -2.63. The molecule has 17 heavy (non-hydrogen) atoms. The number of hydrogen-bond donors (Lipinski definition) is 3. The average Bonchev–Trinajstić information content (AvgIpc) is 2.32. The van der Waals surface area contributed by atoms with E-state index in [1.54, 1.807) is 24.7 Å². The molecule has 6 nitrogen and oxygen atoms in total. The van der Waals surface area contributed by atoms with Gasteiger partial charge in [-0.15, -0.1) is 0 Å². The quantitative estimate of drug-likeness (QED) is 0.719. The highest BCUT2D eigenvalue weighted by molar-refractivity contribution is 5.91. The summed E-state index contributed by atoms with van der Waals surface area (Å²) >= 11 is 0. The second-order valence-electron chi connectivity index (χ2n) is 3.38.